The van der Waals surface area contributed by atoms with E-state index in [2.05, 4.69) is 9.72 Å². The number of methoxy groups -OCH3 is 1. The molecule has 0 radical (unpaired) electrons. The number of non-ortho nitro benzene ring substituents is 1. The second-order valence-corrected chi connectivity index (χ2v) is 3.52. The molecule has 17 heavy (non-hydrogen) atoms. The molecule has 1 heterocycles. The predicted octanol–water partition coefficient (Wildman–Crippen LogP) is 1.79. The van der Waals surface area contributed by atoms with E-state index < -0.39 is 4.92 Å². The zero-order valence-corrected chi connectivity index (χ0v) is 9.10. The van der Waals surface area contributed by atoms with Gasteiger partial charge in [0.1, 0.15) is 5.52 Å². The first-order chi connectivity index (χ1) is 8.13. The summed E-state index contributed by atoms with van der Waals surface area (Å²) < 4.78 is 4.56. The highest BCUT2D eigenvalue weighted by Gasteiger charge is 2.16. The van der Waals surface area contributed by atoms with E-state index in [0.29, 0.717) is 16.5 Å². The highest BCUT2D eigenvalue weighted by molar-refractivity contribution is 5.92. The molecular weight excluding hydrogens is 224 g/mol. The van der Waals surface area contributed by atoms with Gasteiger partial charge < -0.3 is 9.72 Å². The highest BCUT2D eigenvalue weighted by atomic mass is 16.6. The summed E-state index contributed by atoms with van der Waals surface area (Å²) in [5, 5.41) is 11.5. The van der Waals surface area contributed by atoms with Gasteiger partial charge in [-0.1, -0.05) is 12.1 Å². The van der Waals surface area contributed by atoms with Gasteiger partial charge in [-0.05, 0) is 5.56 Å². The first-order valence-electron chi connectivity index (χ1n) is 4.93. The topological polar surface area (TPSA) is 85.2 Å². The summed E-state index contributed by atoms with van der Waals surface area (Å²) in [5.41, 5.74) is 1.12. The third-order valence-corrected chi connectivity index (χ3v) is 2.54. The van der Waals surface area contributed by atoms with Crippen molar-refractivity contribution in [1.29, 1.82) is 0 Å². The Labute approximate surface area is 96.3 Å². The van der Waals surface area contributed by atoms with Crippen LogP contribution in [0.15, 0.2) is 24.4 Å². The normalized spacial score (nSPS) is 10.4. The van der Waals surface area contributed by atoms with Crippen molar-refractivity contribution in [2.45, 2.75) is 6.42 Å². The largest absolute Gasteiger partial charge is 0.469 e. The van der Waals surface area contributed by atoms with Crippen molar-refractivity contribution in [1.82, 2.24) is 4.98 Å². The molecule has 0 spiro atoms. The SMILES string of the molecule is COC(=O)Cc1c[nH]c2c([N+](=O)[O-])cccc12. The number of rotatable bonds is 3. The molecule has 0 amide bonds. The number of benzene rings is 1. The molecule has 88 valence electrons. The zero-order chi connectivity index (χ0) is 12.4. The number of nitro benzene ring substituents is 1. The van der Waals surface area contributed by atoms with Gasteiger partial charge in [0.05, 0.1) is 18.5 Å². The van der Waals surface area contributed by atoms with Crippen molar-refractivity contribution in [3.05, 3.63) is 40.1 Å². The monoisotopic (exact) mass is 234 g/mol. The summed E-state index contributed by atoms with van der Waals surface area (Å²) in [7, 11) is 1.31. The van der Waals surface area contributed by atoms with Crippen LogP contribution in [0.3, 0.4) is 0 Å². The lowest BCUT2D eigenvalue weighted by molar-refractivity contribution is -0.383. The van der Waals surface area contributed by atoms with E-state index in [4.69, 9.17) is 0 Å². The number of nitrogens with one attached hydrogen (secondary N) is 1. The number of esters is 1. The van der Waals surface area contributed by atoms with Crippen LogP contribution in [0, 0.1) is 10.1 Å². The van der Waals surface area contributed by atoms with Crippen LogP contribution in [0.5, 0.6) is 0 Å². The lowest BCUT2D eigenvalue weighted by Crippen LogP contribution is -2.03. The molecule has 0 atom stereocenters. The molecule has 1 aromatic heterocycles. The Morgan fingerprint density at radius 1 is 1.53 bits per heavy atom. The van der Waals surface area contributed by atoms with E-state index in [1.54, 1.807) is 18.3 Å². The van der Waals surface area contributed by atoms with E-state index in [1.165, 1.54) is 13.2 Å². The van der Waals surface area contributed by atoms with E-state index in [0.717, 1.165) is 0 Å². The van der Waals surface area contributed by atoms with Gasteiger partial charge in [-0.2, -0.15) is 0 Å². The summed E-state index contributed by atoms with van der Waals surface area (Å²) in [4.78, 5) is 24.3. The minimum absolute atomic E-state index is 0.00128. The van der Waals surface area contributed by atoms with Gasteiger partial charge in [0.2, 0.25) is 0 Å². The van der Waals surface area contributed by atoms with Gasteiger partial charge in [-0.25, -0.2) is 0 Å². The Balaban J connectivity index is 2.51. The number of H-pyrrole nitrogens is 1. The van der Waals surface area contributed by atoms with E-state index in [1.807, 2.05) is 0 Å². The molecule has 1 aromatic carbocycles. The van der Waals surface area contributed by atoms with E-state index in [-0.39, 0.29) is 18.1 Å². The fourth-order valence-corrected chi connectivity index (χ4v) is 1.72. The summed E-state index contributed by atoms with van der Waals surface area (Å²) in [6.45, 7) is 0. The summed E-state index contributed by atoms with van der Waals surface area (Å²) in [6, 6.07) is 4.74. The fourth-order valence-electron chi connectivity index (χ4n) is 1.72. The smallest absolute Gasteiger partial charge is 0.310 e. The van der Waals surface area contributed by atoms with E-state index >= 15 is 0 Å². The van der Waals surface area contributed by atoms with Crippen LogP contribution in [0.4, 0.5) is 5.69 Å². The lowest BCUT2D eigenvalue weighted by atomic mass is 10.1. The first-order valence-corrected chi connectivity index (χ1v) is 4.93. The van der Waals surface area contributed by atoms with Crippen LogP contribution in [0.1, 0.15) is 5.56 Å². The number of aromatic amines is 1. The van der Waals surface area contributed by atoms with Crippen LogP contribution in [0.2, 0.25) is 0 Å². The molecule has 2 aromatic rings. The Morgan fingerprint density at radius 3 is 2.94 bits per heavy atom. The number of fused-ring (bicyclic) bond motifs is 1. The molecule has 0 unspecified atom stereocenters. The van der Waals surface area contributed by atoms with Crippen molar-refractivity contribution in [2.24, 2.45) is 0 Å². The average molecular weight is 234 g/mol. The average Bonchev–Trinajstić information content (AvgIpc) is 2.72. The maximum atomic E-state index is 11.2. The van der Waals surface area contributed by atoms with Gasteiger partial charge in [0, 0.05) is 17.6 Å². The summed E-state index contributed by atoms with van der Waals surface area (Å²) >= 11 is 0. The van der Waals surface area contributed by atoms with Crippen LogP contribution in [-0.4, -0.2) is 23.0 Å². The molecule has 1 N–H and O–H groups in total. The lowest BCUT2D eigenvalue weighted by Gasteiger charge is -1.98. The second kappa shape index (κ2) is 4.25. The third-order valence-electron chi connectivity index (χ3n) is 2.54. The quantitative estimate of drug-likeness (QED) is 0.498. The number of carbonyl (C=O) groups excluding carboxylic acids is 1. The number of para-hydroxylation sites is 1. The minimum atomic E-state index is -0.458. The molecule has 6 heteroatoms. The first kappa shape index (κ1) is 11.1. The van der Waals surface area contributed by atoms with Gasteiger partial charge in [-0.3, -0.25) is 14.9 Å². The van der Waals surface area contributed by atoms with Gasteiger partial charge in [-0.15, -0.1) is 0 Å². The fraction of sp³-hybridized carbons (Fsp3) is 0.182. The predicted molar refractivity (Wildman–Crippen MR) is 60.7 cm³/mol. The Bertz CT molecular complexity index is 588. The van der Waals surface area contributed by atoms with Gasteiger partial charge in [0.15, 0.2) is 0 Å². The van der Waals surface area contributed by atoms with Crippen molar-refractivity contribution < 1.29 is 14.5 Å². The van der Waals surface area contributed by atoms with Gasteiger partial charge >= 0.3 is 5.97 Å². The number of aromatic nitrogens is 1. The molecule has 6 nitrogen and oxygen atoms in total. The van der Waals surface area contributed by atoms with Crippen LogP contribution < -0.4 is 0 Å². The molecular formula is C11H10N2O4. The molecule has 0 aliphatic carbocycles. The molecule has 0 fully saturated rings. The number of hydrogen-bond donors (Lipinski definition) is 1. The number of nitro groups is 1. The maximum absolute atomic E-state index is 11.2. The Hall–Kier alpha value is -2.37. The molecule has 2 rings (SSSR count). The van der Waals surface area contributed by atoms with Crippen molar-refractivity contribution >= 4 is 22.6 Å². The van der Waals surface area contributed by atoms with Crippen LogP contribution in [0.25, 0.3) is 10.9 Å². The summed E-state index contributed by atoms with van der Waals surface area (Å²) in [5.74, 6) is -0.377. The number of hydrogen-bond acceptors (Lipinski definition) is 4. The molecule has 0 aliphatic rings. The van der Waals surface area contributed by atoms with Crippen molar-refractivity contribution in [2.75, 3.05) is 7.11 Å². The second-order valence-electron chi connectivity index (χ2n) is 3.52. The number of ether oxygens (including phenoxy) is 1. The van der Waals surface area contributed by atoms with Crippen molar-refractivity contribution in [3.63, 3.8) is 0 Å². The molecule has 0 saturated carbocycles. The number of nitrogens with zero attached hydrogens (tertiary/aromatic N) is 1. The van der Waals surface area contributed by atoms with E-state index in [9.17, 15) is 14.9 Å². The third kappa shape index (κ3) is 1.96. The zero-order valence-electron chi connectivity index (χ0n) is 9.10. The standard InChI is InChI=1S/C11H10N2O4/c1-17-10(14)5-7-6-12-11-8(7)3-2-4-9(11)13(15)16/h2-4,6,12H,5H2,1H3. The maximum Gasteiger partial charge on any atom is 0.310 e. The molecule has 0 saturated heterocycles. The molecule has 0 bridgehead atoms. The minimum Gasteiger partial charge on any atom is -0.469 e. The number of carbonyl (C=O) groups is 1. The van der Waals surface area contributed by atoms with Crippen LogP contribution >= 0.6 is 0 Å². The van der Waals surface area contributed by atoms with Crippen LogP contribution in [-0.2, 0) is 16.0 Å². The highest BCUT2D eigenvalue weighted by Crippen LogP contribution is 2.27. The Kier molecular flexibility index (Phi) is 2.78. The Morgan fingerprint density at radius 2 is 2.29 bits per heavy atom. The van der Waals surface area contributed by atoms with Crippen molar-refractivity contribution in [3.8, 4) is 0 Å². The molecule has 0 aliphatic heterocycles. The van der Waals surface area contributed by atoms with Gasteiger partial charge in [0.25, 0.3) is 5.69 Å². The summed E-state index contributed by atoms with van der Waals surface area (Å²) in [6.07, 6.45) is 1.69.